The molecule has 0 bridgehead atoms. The van der Waals surface area contributed by atoms with E-state index in [1.165, 1.54) is 89.9 Å². The van der Waals surface area contributed by atoms with E-state index in [2.05, 4.69) is 24.3 Å². The summed E-state index contributed by atoms with van der Waals surface area (Å²) < 4.78 is 0. The third-order valence-corrected chi connectivity index (χ3v) is 6.09. The van der Waals surface area contributed by atoms with Crippen LogP contribution >= 0.6 is 0 Å². The second kappa shape index (κ2) is 8.75. The van der Waals surface area contributed by atoms with E-state index >= 15 is 0 Å². The Morgan fingerprint density at radius 3 is 1.00 bits per heavy atom. The van der Waals surface area contributed by atoms with E-state index < -0.39 is 0 Å². The van der Waals surface area contributed by atoms with Gasteiger partial charge in [0.15, 0.2) is 0 Å². The molecule has 0 amide bonds. The molecule has 0 saturated heterocycles. The maximum absolute atomic E-state index is 2.47. The second-order valence-electron chi connectivity index (χ2n) is 7.75. The normalized spacial score (nSPS) is 23.3. The molecule has 0 atom stereocenters. The van der Waals surface area contributed by atoms with Gasteiger partial charge in [-0.2, -0.15) is 0 Å². The Morgan fingerprint density at radius 1 is 0.409 bits per heavy atom. The Bertz CT molecular complexity index is 359. The van der Waals surface area contributed by atoms with Crippen LogP contribution in [0.3, 0.4) is 0 Å². The summed E-state index contributed by atoms with van der Waals surface area (Å²) in [6, 6.07) is 9.89. The van der Waals surface area contributed by atoms with Crippen LogP contribution in [0.15, 0.2) is 24.3 Å². The molecule has 0 aromatic heterocycles. The summed E-state index contributed by atoms with van der Waals surface area (Å²) in [6.45, 7) is 0. The number of rotatable bonds is 2. The van der Waals surface area contributed by atoms with Gasteiger partial charge in [0.1, 0.15) is 0 Å². The van der Waals surface area contributed by atoms with Crippen LogP contribution in [0.4, 0.5) is 0 Å². The minimum absolute atomic E-state index is 0.840. The van der Waals surface area contributed by atoms with Crippen LogP contribution in [0.1, 0.15) is 113 Å². The number of hydrogen-bond acceptors (Lipinski definition) is 0. The molecule has 2 aliphatic carbocycles. The van der Waals surface area contributed by atoms with E-state index in [0.29, 0.717) is 0 Å². The molecule has 2 fully saturated rings. The van der Waals surface area contributed by atoms with Crippen molar-refractivity contribution in [2.75, 3.05) is 0 Å². The van der Waals surface area contributed by atoms with E-state index in [0.717, 1.165) is 11.8 Å². The third kappa shape index (κ3) is 4.61. The molecular weight excluding hydrogens is 264 g/mol. The molecule has 122 valence electrons. The first-order valence-electron chi connectivity index (χ1n) is 10.0. The van der Waals surface area contributed by atoms with Crippen molar-refractivity contribution in [2.45, 2.75) is 102 Å². The van der Waals surface area contributed by atoms with Gasteiger partial charge >= 0.3 is 0 Å². The SMILES string of the molecule is c1cc(C2CCCCCCC2)ccc1C1CCCCCCC1. The fraction of sp³-hybridized carbons (Fsp3) is 0.727. The van der Waals surface area contributed by atoms with E-state index in [1.54, 1.807) is 11.1 Å². The molecule has 2 aliphatic rings. The Kier molecular flexibility index (Phi) is 6.40. The summed E-state index contributed by atoms with van der Waals surface area (Å²) in [5.41, 5.74) is 3.24. The van der Waals surface area contributed by atoms with Gasteiger partial charge in [-0.1, -0.05) is 88.5 Å². The maximum Gasteiger partial charge on any atom is -0.0162 e. The molecule has 0 heterocycles. The summed E-state index contributed by atoms with van der Waals surface area (Å²) in [7, 11) is 0. The zero-order valence-electron chi connectivity index (χ0n) is 14.4. The first-order chi connectivity index (χ1) is 10.9. The van der Waals surface area contributed by atoms with Gasteiger partial charge in [0.2, 0.25) is 0 Å². The lowest BCUT2D eigenvalue weighted by atomic mass is 9.83. The zero-order chi connectivity index (χ0) is 15.0. The average Bonchev–Trinajstić information content (AvgIpc) is 2.47. The van der Waals surface area contributed by atoms with Gasteiger partial charge < -0.3 is 0 Å². The summed E-state index contributed by atoms with van der Waals surface area (Å²) >= 11 is 0. The Morgan fingerprint density at radius 2 is 0.682 bits per heavy atom. The molecule has 1 aromatic rings. The largest absolute Gasteiger partial charge is 0.0585 e. The van der Waals surface area contributed by atoms with Gasteiger partial charge in [-0.3, -0.25) is 0 Å². The molecule has 0 heteroatoms. The van der Waals surface area contributed by atoms with Gasteiger partial charge in [-0.15, -0.1) is 0 Å². The van der Waals surface area contributed by atoms with Crippen LogP contribution in [0.2, 0.25) is 0 Å². The highest BCUT2D eigenvalue weighted by Crippen LogP contribution is 2.34. The van der Waals surface area contributed by atoms with Crippen LogP contribution < -0.4 is 0 Å². The van der Waals surface area contributed by atoms with E-state index in [-0.39, 0.29) is 0 Å². The molecule has 1 aromatic carbocycles. The molecule has 0 radical (unpaired) electrons. The van der Waals surface area contributed by atoms with Crippen molar-refractivity contribution >= 4 is 0 Å². The van der Waals surface area contributed by atoms with Gasteiger partial charge in [0.25, 0.3) is 0 Å². The minimum atomic E-state index is 0.840. The molecule has 0 spiro atoms. The van der Waals surface area contributed by atoms with Crippen molar-refractivity contribution in [3.8, 4) is 0 Å². The monoisotopic (exact) mass is 298 g/mol. The van der Waals surface area contributed by atoms with Gasteiger partial charge in [-0.05, 0) is 48.6 Å². The van der Waals surface area contributed by atoms with E-state index in [4.69, 9.17) is 0 Å². The molecule has 0 N–H and O–H groups in total. The van der Waals surface area contributed by atoms with Crippen LogP contribution in [0, 0.1) is 0 Å². The van der Waals surface area contributed by atoms with Crippen molar-refractivity contribution in [1.82, 2.24) is 0 Å². The smallest absolute Gasteiger partial charge is 0.0162 e. The quantitative estimate of drug-likeness (QED) is 0.535. The maximum atomic E-state index is 2.47. The van der Waals surface area contributed by atoms with Crippen molar-refractivity contribution in [3.63, 3.8) is 0 Å². The van der Waals surface area contributed by atoms with Crippen molar-refractivity contribution in [2.24, 2.45) is 0 Å². The molecule has 0 nitrogen and oxygen atoms in total. The van der Waals surface area contributed by atoms with E-state index in [9.17, 15) is 0 Å². The number of benzene rings is 1. The molecule has 2 saturated carbocycles. The lowest BCUT2D eigenvalue weighted by molar-refractivity contribution is 0.451. The summed E-state index contributed by atoms with van der Waals surface area (Å²) in [5, 5.41) is 0. The Labute approximate surface area is 137 Å². The lowest BCUT2D eigenvalue weighted by Gasteiger charge is -2.23. The van der Waals surface area contributed by atoms with Crippen LogP contribution in [-0.2, 0) is 0 Å². The highest BCUT2D eigenvalue weighted by Gasteiger charge is 2.16. The summed E-state index contributed by atoms with van der Waals surface area (Å²) in [5.74, 6) is 1.68. The fourth-order valence-electron chi connectivity index (χ4n) is 4.62. The lowest BCUT2D eigenvalue weighted by Crippen LogP contribution is -2.05. The highest BCUT2D eigenvalue weighted by molar-refractivity contribution is 5.28. The molecule has 0 unspecified atom stereocenters. The van der Waals surface area contributed by atoms with Gasteiger partial charge in [0, 0.05) is 0 Å². The third-order valence-electron chi connectivity index (χ3n) is 6.09. The summed E-state index contributed by atoms with van der Waals surface area (Å²) in [4.78, 5) is 0. The Balaban J connectivity index is 1.63. The topological polar surface area (TPSA) is 0 Å². The van der Waals surface area contributed by atoms with Crippen LogP contribution in [-0.4, -0.2) is 0 Å². The first-order valence-corrected chi connectivity index (χ1v) is 10.0. The fourth-order valence-corrected chi connectivity index (χ4v) is 4.62. The average molecular weight is 299 g/mol. The predicted molar refractivity (Wildman–Crippen MR) is 96.6 cm³/mol. The molecule has 3 rings (SSSR count). The first kappa shape index (κ1) is 16.1. The number of hydrogen-bond donors (Lipinski definition) is 0. The molecule has 0 aliphatic heterocycles. The van der Waals surface area contributed by atoms with E-state index in [1.807, 2.05) is 0 Å². The Hall–Kier alpha value is -0.780. The minimum Gasteiger partial charge on any atom is -0.0585 e. The van der Waals surface area contributed by atoms with Gasteiger partial charge in [-0.25, -0.2) is 0 Å². The predicted octanol–water partition coefficient (Wildman–Crippen LogP) is 7.34. The zero-order valence-corrected chi connectivity index (χ0v) is 14.4. The van der Waals surface area contributed by atoms with Crippen molar-refractivity contribution in [3.05, 3.63) is 35.4 Å². The molecule has 22 heavy (non-hydrogen) atoms. The van der Waals surface area contributed by atoms with Gasteiger partial charge in [0.05, 0.1) is 0 Å². The second-order valence-corrected chi connectivity index (χ2v) is 7.75. The van der Waals surface area contributed by atoms with Crippen LogP contribution in [0.5, 0.6) is 0 Å². The van der Waals surface area contributed by atoms with Crippen molar-refractivity contribution < 1.29 is 0 Å². The molecular formula is C22H34. The van der Waals surface area contributed by atoms with Crippen molar-refractivity contribution in [1.29, 1.82) is 0 Å². The highest BCUT2D eigenvalue weighted by atomic mass is 14.2. The van der Waals surface area contributed by atoms with Crippen LogP contribution in [0.25, 0.3) is 0 Å². The standard InChI is InChI=1S/C22H34/c1-3-7-11-19(12-8-4-1)21-15-17-22(18-16-21)20-13-9-5-2-6-10-14-20/h15-20H,1-14H2. The summed E-state index contributed by atoms with van der Waals surface area (Å²) in [6.07, 6.45) is 20.2.